The lowest BCUT2D eigenvalue weighted by atomic mass is 10.1. The molecule has 0 aromatic heterocycles. The Morgan fingerprint density at radius 2 is 2.07 bits per heavy atom. The molecule has 0 saturated heterocycles. The smallest absolute Gasteiger partial charge is 0.168 e. The molecule has 0 heterocycles. The van der Waals surface area contributed by atoms with Crippen LogP contribution in [0.3, 0.4) is 0 Å². The molecule has 0 fully saturated rings. The molecule has 4 heteroatoms. The summed E-state index contributed by atoms with van der Waals surface area (Å²) in [7, 11) is 3.60. The lowest BCUT2D eigenvalue weighted by Gasteiger charge is -2.27. The first kappa shape index (κ1) is 11.9. The molecule has 0 bridgehead atoms. The average Bonchev–Trinajstić information content (AvgIpc) is 2.26. The fraction of sp³-hybridized carbons (Fsp3) is 0.364. The summed E-state index contributed by atoms with van der Waals surface area (Å²) in [5.41, 5.74) is 0.651. The Balaban J connectivity index is 2.89. The van der Waals surface area contributed by atoms with Gasteiger partial charge in [-0.05, 0) is 25.2 Å². The second kappa shape index (κ2) is 5.07. The van der Waals surface area contributed by atoms with Crippen LogP contribution in [0, 0.1) is 5.82 Å². The first-order valence-electron chi connectivity index (χ1n) is 4.77. The zero-order valence-electron chi connectivity index (χ0n) is 9.12. The van der Waals surface area contributed by atoms with Crippen LogP contribution in [0.15, 0.2) is 24.3 Å². The van der Waals surface area contributed by atoms with E-state index in [0.717, 1.165) is 0 Å². The molecule has 0 aliphatic heterocycles. The third kappa shape index (κ3) is 2.65. The lowest BCUT2D eigenvalue weighted by Crippen LogP contribution is -2.36. The van der Waals surface area contributed by atoms with Gasteiger partial charge in [0, 0.05) is 19.7 Å². The number of halogens is 1. The summed E-state index contributed by atoms with van der Waals surface area (Å²) < 4.78 is 13.5. The third-order valence-electron chi connectivity index (χ3n) is 2.47. The summed E-state index contributed by atoms with van der Waals surface area (Å²) in [4.78, 5) is 1.83. The quantitative estimate of drug-likeness (QED) is 0.779. The Morgan fingerprint density at radius 1 is 1.47 bits per heavy atom. The number of benzene rings is 1. The highest BCUT2D eigenvalue weighted by molar-refractivity contribution is 7.80. The Morgan fingerprint density at radius 3 is 2.60 bits per heavy atom. The predicted molar refractivity (Wildman–Crippen MR) is 64.2 cm³/mol. The Bertz CT molecular complexity index is 354. The van der Waals surface area contributed by atoms with Gasteiger partial charge in [-0.2, -0.15) is 0 Å². The summed E-state index contributed by atoms with van der Waals surface area (Å²) in [5, 5.41) is 3.47. The predicted octanol–water partition coefficient (Wildman–Crippen LogP) is 2.32. The largest absolute Gasteiger partial charge is 0.366 e. The number of nitrogens with one attached hydrogen (secondary N) is 1. The van der Waals surface area contributed by atoms with Crippen LogP contribution in [0.4, 0.5) is 4.39 Å². The molecule has 1 atom stereocenters. The van der Waals surface area contributed by atoms with Crippen molar-refractivity contribution in [1.82, 2.24) is 10.2 Å². The standard InChI is InChI=1S/C11H15FN2S/c1-8(14(3)11(15)13-2)9-6-4-5-7-10(9)12/h4-8H,1-3H3,(H,13,15). The maximum Gasteiger partial charge on any atom is 0.168 e. The molecule has 15 heavy (non-hydrogen) atoms. The lowest BCUT2D eigenvalue weighted by molar-refractivity contribution is 0.385. The fourth-order valence-corrected chi connectivity index (χ4v) is 1.53. The normalized spacial score (nSPS) is 12.0. The van der Waals surface area contributed by atoms with E-state index in [9.17, 15) is 4.39 Å². The number of nitrogens with zero attached hydrogens (tertiary/aromatic N) is 1. The topological polar surface area (TPSA) is 15.3 Å². The van der Waals surface area contributed by atoms with Crippen molar-refractivity contribution < 1.29 is 4.39 Å². The molecule has 1 aromatic carbocycles. The maximum absolute atomic E-state index is 13.5. The summed E-state index contributed by atoms with van der Waals surface area (Å²) in [6, 6.07) is 6.66. The molecule has 0 spiro atoms. The summed E-state index contributed by atoms with van der Waals surface area (Å²) >= 11 is 5.09. The van der Waals surface area contributed by atoms with Crippen LogP contribution in [-0.4, -0.2) is 24.1 Å². The second-order valence-corrected chi connectivity index (χ2v) is 3.75. The SMILES string of the molecule is CNC(=S)N(C)C(C)c1ccccc1F. The van der Waals surface area contributed by atoms with E-state index >= 15 is 0 Å². The van der Waals surface area contributed by atoms with Gasteiger partial charge in [-0.15, -0.1) is 0 Å². The van der Waals surface area contributed by atoms with Gasteiger partial charge in [0.25, 0.3) is 0 Å². The van der Waals surface area contributed by atoms with Gasteiger partial charge in [0.15, 0.2) is 5.11 Å². The molecule has 1 N–H and O–H groups in total. The van der Waals surface area contributed by atoms with Crippen LogP contribution in [-0.2, 0) is 0 Å². The van der Waals surface area contributed by atoms with Gasteiger partial charge in [-0.25, -0.2) is 4.39 Å². The summed E-state index contributed by atoms with van der Waals surface area (Å²) in [5.74, 6) is -0.198. The van der Waals surface area contributed by atoms with Crippen molar-refractivity contribution in [1.29, 1.82) is 0 Å². The van der Waals surface area contributed by atoms with E-state index in [-0.39, 0.29) is 11.9 Å². The van der Waals surface area contributed by atoms with Gasteiger partial charge < -0.3 is 10.2 Å². The Hall–Kier alpha value is -1.16. The van der Waals surface area contributed by atoms with E-state index in [4.69, 9.17) is 12.2 Å². The van der Waals surface area contributed by atoms with E-state index in [0.29, 0.717) is 10.7 Å². The molecular formula is C11H15FN2S. The minimum atomic E-state index is -0.198. The Kier molecular flexibility index (Phi) is 4.03. The van der Waals surface area contributed by atoms with E-state index in [1.807, 2.05) is 24.9 Å². The first-order chi connectivity index (χ1) is 7.07. The van der Waals surface area contributed by atoms with Crippen molar-refractivity contribution in [2.75, 3.05) is 14.1 Å². The molecule has 1 aromatic rings. The van der Waals surface area contributed by atoms with Crippen molar-refractivity contribution in [2.24, 2.45) is 0 Å². The minimum absolute atomic E-state index is 0.0776. The molecule has 82 valence electrons. The number of hydrogen-bond donors (Lipinski definition) is 1. The van der Waals surface area contributed by atoms with E-state index in [1.54, 1.807) is 19.2 Å². The zero-order chi connectivity index (χ0) is 11.4. The Labute approximate surface area is 95.1 Å². The van der Waals surface area contributed by atoms with Crippen molar-refractivity contribution in [3.05, 3.63) is 35.6 Å². The van der Waals surface area contributed by atoms with E-state index in [1.165, 1.54) is 6.07 Å². The highest BCUT2D eigenvalue weighted by atomic mass is 32.1. The van der Waals surface area contributed by atoms with Crippen LogP contribution in [0.2, 0.25) is 0 Å². The van der Waals surface area contributed by atoms with Gasteiger partial charge in [-0.1, -0.05) is 18.2 Å². The summed E-state index contributed by atoms with van der Waals surface area (Å²) in [6.45, 7) is 1.92. The highest BCUT2D eigenvalue weighted by Gasteiger charge is 2.16. The highest BCUT2D eigenvalue weighted by Crippen LogP contribution is 2.21. The fourth-order valence-electron chi connectivity index (χ4n) is 1.37. The maximum atomic E-state index is 13.5. The molecule has 1 unspecified atom stereocenters. The molecule has 0 aliphatic rings. The van der Waals surface area contributed by atoms with Crippen LogP contribution in [0.1, 0.15) is 18.5 Å². The van der Waals surface area contributed by atoms with Crippen LogP contribution in [0.5, 0.6) is 0 Å². The number of thiocarbonyl (C=S) groups is 1. The number of rotatable bonds is 2. The number of hydrogen-bond acceptors (Lipinski definition) is 1. The zero-order valence-corrected chi connectivity index (χ0v) is 9.94. The minimum Gasteiger partial charge on any atom is -0.366 e. The second-order valence-electron chi connectivity index (χ2n) is 3.36. The third-order valence-corrected chi connectivity index (χ3v) is 2.96. The average molecular weight is 226 g/mol. The molecular weight excluding hydrogens is 211 g/mol. The van der Waals surface area contributed by atoms with Crippen molar-refractivity contribution in [2.45, 2.75) is 13.0 Å². The van der Waals surface area contributed by atoms with Gasteiger partial charge >= 0.3 is 0 Å². The van der Waals surface area contributed by atoms with Crippen LogP contribution in [0.25, 0.3) is 0 Å². The monoisotopic (exact) mass is 226 g/mol. The van der Waals surface area contributed by atoms with Gasteiger partial charge in [0.1, 0.15) is 5.82 Å². The van der Waals surface area contributed by atoms with Gasteiger partial charge in [-0.3, -0.25) is 0 Å². The molecule has 2 nitrogen and oxygen atoms in total. The molecule has 0 radical (unpaired) electrons. The van der Waals surface area contributed by atoms with Crippen molar-refractivity contribution in [3.63, 3.8) is 0 Å². The molecule has 1 rings (SSSR count). The van der Waals surface area contributed by atoms with Crippen LogP contribution >= 0.6 is 12.2 Å². The van der Waals surface area contributed by atoms with Crippen molar-refractivity contribution >= 4 is 17.3 Å². The first-order valence-corrected chi connectivity index (χ1v) is 5.17. The van der Waals surface area contributed by atoms with E-state index < -0.39 is 0 Å². The van der Waals surface area contributed by atoms with Gasteiger partial charge in [0.2, 0.25) is 0 Å². The van der Waals surface area contributed by atoms with Gasteiger partial charge in [0.05, 0.1) is 6.04 Å². The van der Waals surface area contributed by atoms with Crippen molar-refractivity contribution in [3.8, 4) is 0 Å². The summed E-state index contributed by atoms with van der Waals surface area (Å²) in [6.07, 6.45) is 0. The molecule has 0 aliphatic carbocycles. The molecule has 0 amide bonds. The van der Waals surface area contributed by atoms with E-state index in [2.05, 4.69) is 5.32 Å². The van der Waals surface area contributed by atoms with Crippen LogP contribution < -0.4 is 5.32 Å². The molecule has 0 saturated carbocycles.